The Labute approximate surface area is 164 Å². The molecule has 156 valence electrons. The summed E-state index contributed by atoms with van der Waals surface area (Å²) in [6.07, 6.45) is -2.13. The molecule has 0 aliphatic carbocycles. The highest BCUT2D eigenvalue weighted by Gasteiger charge is 2.41. The van der Waals surface area contributed by atoms with E-state index in [1.165, 1.54) is 12.0 Å². The van der Waals surface area contributed by atoms with E-state index in [4.69, 9.17) is 4.74 Å². The van der Waals surface area contributed by atoms with Crippen LogP contribution in [0.4, 0.5) is 34.5 Å². The van der Waals surface area contributed by atoms with E-state index < -0.39 is 29.9 Å². The summed E-state index contributed by atoms with van der Waals surface area (Å²) in [6, 6.07) is 1.39. The van der Waals surface area contributed by atoms with Gasteiger partial charge in [-0.25, -0.2) is 23.2 Å². The molecule has 4 amide bonds. The maximum Gasteiger partial charge on any atom is 0.414 e. The number of benzene rings is 1. The minimum Gasteiger partial charge on any atom is -0.453 e. The second kappa shape index (κ2) is 7.26. The van der Waals surface area contributed by atoms with Gasteiger partial charge < -0.3 is 30.3 Å². The quantitative estimate of drug-likeness (QED) is 0.666. The number of carbonyl (C=O) groups excluding carboxylic acids is 3. The van der Waals surface area contributed by atoms with Crippen molar-refractivity contribution in [1.29, 1.82) is 0 Å². The zero-order valence-corrected chi connectivity index (χ0v) is 15.4. The Hall–Kier alpha value is -3.31. The minimum absolute atomic E-state index is 0.00718. The fraction of sp³-hybridized carbons (Fsp3) is 0.471. The number of ether oxygens (including phenoxy) is 2. The van der Waals surface area contributed by atoms with Crippen molar-refractivity contribution in [1.82, 2.24) is 16.0 Å². The van der Waals surface area contributed by atoms with Crippen molar-refractivity contribution >= 4 is 29.6 Å². The van der Waals surface area contributed by atoms with Crippen LogP contribution >= 0.6 is 0 Å². The highest BCUT2D eigenvalue weighted by atomic mass is 19.1. The normalized spacial score (nSPS) is 25.4. The van der Waals surface area contributed by atoms with Crippen LogP contribution in [-0.4, -0.2) is 69.7 Å². The molecule has 0 spiro atoms. The molecule has 3 heterocycles. The number of nitrogens with zero attached hydrogens (tertiary/aromatic N) is 2. The van der Waals surface area contributed by atoms with Gasteiger partial charge in [0.2, 0.25) is 0 Å². The molecule has 3 aliphatic heterocycles. The van der Waals surface area contributed by atoms with E-state index in [0.717, 1.165) is 17.0 Å². The van der Waals surface area contributed by atoms with Crippen LogP contribution < -0.4 is 25.8 Å². The topological polar surface area (TPSA) is 112 Å². The molecule has 1 aromatic rings. The third kappa shape index (κ3) is 3.57. The smallest absolute Gasteiger partial charge is 0.414 e. The summed E-state index contributed by atoms with van der Waals surface area (Å²) in [4.78, 5) is 37.1. The van der Waals surface area contributed by atoms with Gasteiger partial charge in [0.1, 0.15) is 11.8 Å². The van der Waals surface area contributed by atoms with Crippen LogP contribution in [0, 0.1) is 11.6 Å². The molecule has 12 heteroatoms. The van der Waals surface area contributed by atoms with Crippen molar-refractivity contribution < 1.29 is 32.6 Å². The molecule has 4 rings (SSSR count). The number of halogens is 2. The van der Waals surface area contributed by atoms with Gasteiger partial charge in [0.25, 0.3) is 0 Å². The van der Waals surface area contributed by atoms with E-state index >= 15 is 0 Å². The number of urea groups is 1. The highest BCUT2D eigenvalue weighted by Crippen LogP contribution is 2.33. The van der Waals surface area contributed by atoms with Crippen LogP contribution in [-0.2, 0) is 9.47 Å². The molecule has 0 radical (unpaired) electrons. The predicted molar refractivity (Wildman–Crippen MR) is 95.8 cm³/mol. The van der Waals surface area contributed by atoms with E-state index in [9.17, 15) is 23.2 Å². The summed E-state index contributed by atoms with van der Waals surface area (Å²) in [5, 5.41) is 7.80. The van der Waals surface area contributed by atoms with Gasteiger partial charge in [0.05, 0.1) is 38.0 Å². The Bertz CT molecular complexity index is 830. The van der Waals surface area contributed by atoms with Crippen molar-refractivity contribution in [3.8, 4) is 0 Å². The molecule has 3 fully saturated rings. The Kier molecular flexibility index (Phi) is 4.76. The maximum atomic E-state index is 14.8. The fourth-order valence-electron chi connectivity index (χ4n) is 3.78. The van der Waals surface area contributed by atoms with Crippen LogP contribution in [0.5, 0.6) is 0 Å². The number of cyclic esters (lactones) is 1. The van der Waals surface area contributed by atoms with Crippen LogP contribution in [0.3, 0.4) is 0 Å². The first kappa shape index (κ1) is 19.0. The van der Waals surface area contributed by atoms with Crippen molar-refractivity contribution in [3.63, 3.8) is 0 Å². The van der Waals surface area contributed by atoms with Gasteiger partial charge in [-0.3, -0.25) is 4.90 Å². The van der Waals surface area contributed by atoms with E-state index in [1.807, 2.05) is 0 Å². The Balaban J connectivity index is 1.47. The van der Waals surface area contributed by atoms with Crippen molar-refractivity contribution in [3.05, 3.63) is 23.8 Å². The summed E-state index contributed by atoms with van der Waals surface area (Å²) in [5.41, 5.74) is -0.198. The lowest BCUT2D eigenvalue weighted by molar-refractivity contribution is 0.132. The number of hydrogen-bond donors (Lipinski definition) is 3. The molecule has 2 unspecified atom stereocenters. The molecule has 3 saturated heterocycles. The molecule has 0 aromatic heterocycles. The zero-order chi connectivity index (χ0) is 20.7. The average molecular weight is 411 g/mol. The Morgan fingerprint density at radius 3 is 2.41 bits per heavy atom. The van der Waals surface area contributed by atoms with Crippen LogP contribution in [0.15, 0.2) is 12.1 Å². The lowest BCUT2D eigenvalue weighted by atomic mass is 10.2. The average Bonchev–Trinajstić information content (AvgIpc) is 3.31. The number of amides is 4. The van der Waals surface area contributed by atoms with Gasteiger partial charge in [-0.1, -0.05) is 0 Å². The van der Waals surface area contributed by atoms with Gasteiger partial charge >= 0.3 is 18.2 Å². The van der Waals surface area contributed by atoms with Crippen LogP contribution in [0.25, 0.3) is 0 Å². The Morgan fingerprint density at radius 2 is 1.83 bits per heavy atom. The number of alkyl carbamates (subject to hydrolysis) is 1. The summed E-state index contributed by atoms with van der Waals surface area (Å²) in [6.45, 7) is 0.561. The van der Waals surface area contributed by atoms with Crippen LogP contribution in [0.1, 0.15) is 0 Å². The molecule has 29 heavy (non-hydrogen) atoms. The van der Waals surface area contributed by atoms with Crippen molar-refractivity contribution in [2.24, 2.45) is 0 Å². The molecule has 10 nitrogen and oxygen atoms in total. The largest absolute Gasteiger partial charge is 0.453 e. The monoisotopic (exact) mass is 411 g/mol. The lowest BCUT2D eigenvalue weighted by Gasteiger charge is -2.22. The molecule has 3 aliphatic rings. The first-order chi connectivity index (χ1) is 13.9. The number of hydrogen-bond acceptors (Lipinski definition) is 6. The summed E-state index contributed by atoms with van der Waals surface area (Å²) < 4.78 is 39.0. The number of anilines is 2. The maximum absolute atomic E-state index is 14.8. The third-order valence-electron chi connectivity index (χ3n) is 5.12. The second-order valence-electron chi connectivity index (χ2n) is 6.98. The van der Waals surface area contributed by atoms with Crippen molar-refractivity contribution in [2.45, 2.75) is 18.2 Å². The molecular weight excluding hydrogens is 392 g/mol. The molecule has 0 saturated carbocycles. The number of carbonyl (C=O) groups is 3. The summed E-state index contributed by atoms with van der Waals surface area (Å²) in [5.74, 6) is -1.65. The number of fused-ring (bicyclic) bond motifs is 1. The SMILES string of the molecule is COC(=O)NC[C@H]1CN(c2cc(F)c(N3CC4NC(=O)NC4C3)c(F)c2)C(=O)O1. The standard InChI is InChI=1S/C17H19F2N5O5/c1-28-16(26)20-4-9-5-24(17(27)29-9)8-2-10(18)14(11(19)3-8)23-6-12-13(7-23)22-15(25)21-12/h2-3,9,12-13H,4-7H2,1H3,(H,20,26)(H2,21,22,25)/t9-,12?,13?/m0/s1. The summed E-state index contributed by atoms with van der Waals surface area (Å²) >= 11 is 0. The first-order valence-corrected chi connectivity index (χ1v) is 8.96. The first-order valence-electron chi connectivity index (χ1n) is 8.96. The van der Waals surface area contributed by atoms with E-state index in [-0.39, 0.29) is 55.7 Å². The summed E-state index contributed by atoms with van der Waals surface area (Å²) in [7, 11) is 1.20. The Morgan fingerprint density at radius 1 is 1.21 bits per heavy atom. The van der Waals surface area contributed by atoms with Gasteiger partial charge in [-0.2, -0.15) is 0 Å². The third-order valence-corrected chi connectivity index (χ3v) is 5.12. The fourth-order valence-corrected chi connectivity index (χ4v) is 3.78. The van der Waals surface area contributed by atoms with Gasteiger partial charge in [-0.15, -0.1) is 0 Å². The number of nitrogens with one attached hydrogen (secondary N) is 3. The molecule has 1 aromatic carbocycles. The number of methoxy groups -OCH3 is 1. The highest BCUT2D eigenvalue weighted by molar-refractivity contribution is 5.90. The molecule has 3 N–H and O–H groups in total. The van der Waals surface area contributed by atoms with E-state index in [1.54, 1.807) is 0 Å². The minimum atomic E-state index is -0.824. The van der Waals surface area contributed by atoms with Gasteiger partial charge in [0.15, 0.2) is 11.6 Å². The number of rotatable bonds is 4. The second-order valence-corrected chi connectivity index (χ2v) is 6.98. The molecule has 0 bridgehead atoms. The zero-order valence-electron chi connectivity index (χ0n) is 15.4. The lowest BCUT2D eigenvalue weighted by Crippen LogP contribution is -2.35. The van der Waals surface area contributed by atoms with E-state index in [2.05, 4.69) is 20.7 Å². The van der Waals surface area contributed by atoms with E-state index in [0.29, 0.717) is 0 Å². The van der Waals surface area contributed by atoms with Gasteiger partial charge in [-0.05, 0) is 0 Å². The molecule has 3 atom stereocenters. The van der Waals surface area contributed by atoms with Crippen LogP contribution in [0.2, 0.25) is 0 Å². The van der Waals surface area contributed by atoms with Gasteiger partial charge in [0, 0.05) is 25.2 Å². The predicted octanol–water partition coefficient (Wildman–Crippen LogP) is 0.516. The molecular formula is C17H19F2N5O5. The van der Waals surface area contributed by atoms with Crippen molar-refractivity contribution in [2.75, 3.05) is 43.1 Å².